The summed E-state index contributed by atoms with van der Waals surface area (Å²) in [5.74, 6) is -2.09. The van der Waals surface area contributed by atoms with Crippen LogP contribution >= 0.6 is 0 Å². The van der Waals surface area contributed by atoms with Gasteiger partial charge in [-0.05, 0) is 36.6 Å². The first kappa shape index (κ1) is 20.0. The summed E-state index contributed by atoms with van der Waals surface area (Å²) in [5, 5.41) is 14.3. The standard InChI is InChI=1S/C20H18FN3O5/c21-14-8-9-17(18(10-14)24(27)28)23-19(25)12-29-20(26)7-3-4-13-11-22-16-6-2-1-5-15(13)16/h1-2,5-6,8-11,22H,3-4,7,12H2,(H,23,25). The Balaban J connectivity index is 1.45. The zero-order valence-electron chi connectivity index (χ0n) is 15.3. The van der Waals surface area contributed by atoms with Gasteiger partial charge in [0.15, 0.2) is 6.61 Å². The predicted octanol–water partition coefficient (Wildman–Crippen LogP) is 3.72. The fourth-order valence-corrected chi connectivity index (χ4v) is 2.93. The second-order valence-electron chi connectivity index (χ2n) is 6.34. The molecule has 0 saturated heterocycles. The van der Waals surface area contributed by atoms with Gasteiger partial charge in [-0.3, -0.25) is 19.7 Å². The van der Waals surface area contributed by atoms with Gasteiger partial charge in [-0.2, -0.15) is 0 Å². The van der Waals surface area contributed by atoms with Crippen LogP contribution in [0.3, 0.4) is 0 Å². The number of anilines is 1. The van der Waals surface area contributed by atoms with Gasteiger partial charge in [-0.15, -0.1) is 0 Å². The number of rotatable bonds is 8. The molecule has 150 valence electrons. The maximum absolute atomic E-state index is 13.1. The molecular formula is C20H18FN3O5. The van der Waals surface area contributed by atoms with E-state index >= 15 is 0 Å². The van der Waals surface area contributed by atoms with Crippen molar-refractivity contribution in [1.29, 1.82) is 0 Å². The normalized spacial score (nSPS) is 10.7. The third-order valence-corrected chi connectivity index (χ3v) is 4.30. The Bertz CT molecular complexity index is 1060. The fraction of sp³-hybridized carbons (Fsp3) is 0.200. The number of esters is 1. The molecule has 8 nitrogen and oxygen atoms in total. The number of carbonyl (C=O) groups excluding carboxylic acids is 2. The highest BCUT2D eigenvalue weighted by atomic mass is 19.1. The first-order chi connectivity index (χ1) is 13.9. The van der Waals surface area contributed by atoms with Gasteiger partial charge in [0.05, 0.1) is 11.0 Å². The molecule has 9 heteroatoms. The lowest BCUT2D eigenvalue weighted by molar-refractivity contribution is -0.384. The number of H-pyrrole nitrogens is 1. The van der Waals surface area contributed by atoms with Gasteiger partial charge in [0.1, 0.15) is 11.5 Å². The highest BCUT2D eigenvalue weighted by molar-refractivity contribution is 5.94. The molecule has 0 aliphatic carbocycles. The number of nitro groups is 1. The molecule has 0 aliphatic rings. The van der Waals surface area contributed by atoms with E-state index < -0.39 is 34.9 Å². The summed E-state index contributed by atoms with van der Waals surface area (Å²) in [5.41, 5.74) is 1.37. The first-order valence-corrected chi connectivity index (χ1v) is 8.88. The van der Waals surface area contributed by atoms with E-state index in [0.717, 1.165) is 28.6 Å². The van der Waals surface area contributed by atoms with Gasteiger partial charge in [-0.1, -0.05) is 18.2 Å². The fourth-order valence-electron chi connectivity index (χ4n) is 2.93. The van der Waals surface area contributed by atoms with E-state index in [-0.39, 0.29) is 12.1 Å². The van der Waals surface area contributed by atoms with Crippen LogP contribution in [0.5, 0.6) is 0 Å². The Kier molecular flexibility index (Phi) is 6.18. The number of aromatic amines is 1. The molecular weight excluding hydrogens is 381 g/mol. The number of benzene rings is 2. The Labute approximate surface area is 164 Å². The van der Waals surface area contributed by atoms with Crippen LogP contribution in [0.15, 0.2) is 48.7 Å². The number of nitrogens with one attached hydrogen (secondary N) is 2. The molecule has 1 aromatic heterocycles. The summed E-state index contributed by atoms with van der Waals surface area (Å²) in [4.78, 5) is 37.0. The summed E-state index contributed by atoms with van der Waals surface area (Å²) in [6.07, 6.45) is 3.25. The maximum atomic E-state index is 13.1. The van der Waals surface area contributed by atoms with Crippen LogP contribution in [-0.2, 0) is 20.7 Å². The van der Waals surface area contributed by atoms with Crippen LogP contribution in [0.25, 0.3) is 10.9 Å². The molecule has 29 heavy (non-hydrogen) atoms. The van der Waals surface area contributed by atoms with Crippen molar-refractivity contribution in [3.63, 3.8) is 0 Å². The highest BCUT2D eigenvalue weighted by Gasteiger charge is 2.17. The van der Waals surface area contributed by atoms with Gasteiger partial charge in [0.25, 0.3) is 11.6 Å². The van der Waals surface area contributed by atoms with Crippen molar-refractivity contribution in [2.75, 3.05) is 11.9 Å². The number of ether oxygens (including phenoxy) is 1. The summed E-state index contributed by atoms with van der Waals surface area (Å²) >= 11 is 0. The number of para-hydroxylation sites is 1. The number of hydrogen-bond acceptors (Lipinski definition) is 5. The summed E-state index contributed by atoms with van der Waals surface area (Å²) in [7, 11) is 0. The monoisotopic (exact) mass is 399 g/mol. The minimum absolute atomic E-state index is 0.128. The van der Waals surface area contributed by atoms with Gasteiger partial charge >= 0.3 is 5.97 Å². The Morgan fingerprint density at radius 3 is 2.79 bits per heavy atom. The molecule has 0 spiro atoms. The molecule has 0 unspecified atom stereocenters. The van der Waals surface area contributed by atoms with E-state index in [1.165, 1.54) is 0 Å². The summed E-state index contributed by atoms with van der Waals surface area (Å²) in [6.45, 7) is -0.583. The lowest BCUT2D eigenvalue weighted by atomic mass is 10.1. The molecule has 0 atom stereocenters. The maximum Gasteiger partial charge on any atom is 0.306 e. The summed E-state index contributed by atoms with van der Waals surface area (Å²) in [6, 6.07) is 10.6. The van der Waals surface area contributed by atoms with E-state index in [2.05, 4.69) is 10.3 Å². The minimum atomic E-state index is -0.810. The number of aromatic nitrogens is 1. The van der Waals surface area contributed by atoms with Crippen molar-refractivity contribution in [3.05, 3.63) is 70.2 Å². The molecule has 0 bridgehead atoms. The number of carbonyl (C=O) groups is 2. The largest absolute Gasteiger partial charge is 0.456 e. The van der Waals surface area contributed by atoms with E-state index in [0.29, 0.717) is 18.9 Å². The van der Waals surface area contributed by atoms with E-state index in [1.54, 1.807) is 0 Å². The van der Waals surface area contributed by atoms with Gasteiger partial charge in [0.2, 0.25) is 0 Å². The molecule has 0 saturated carbocycles. The molecule has 2 N–H and O–H groups in total. The second kappa shape index (κ2) is 8.96. The van der Waals surface area contributed by atoms with Crippen molar-refractivity contribution < 1.29 is 23.6 Å². The SMILES string of the molecule is O=C(COC(=O)CCCc1c[nH]c2ccccc12)Nc1ccc(F)cc1[N+](=O)[O-]. The first-order valence-electron chi connectivity index (χ1n) is 8.88. The predicted molar refractivity (Wildman–Crippen MR) is 104 cm³/mol. The molecule has 1 heterocycles. The number of aryl methyl sites for hydroxylation is 1. The number of amides is 1. The Hall–Kier alpha value is -3.75. The Morgan fingerprint density at radius 1 is 1.21 bits per heavy atom. The van der Waals surface area contributed by atoms with Crippen LogP contribution in [0.1, 0.15) is 18.4 Å². The molecule has 0 radical (unpaired) electrons. The van der Waals surface area contributed by atoms with Gasteiger partial charge in [-0.25, -0.2) is 4.39 Å². The zero-order chi connectivity index (χ0) is 20.8. The number of nitrogens with zero attached hydrogens (tertiary/aromatic N) is 1. The van der Waals surface area contributed by atoms with E-state index in [1.807, 2.05) is 30.5 Å². The third-order valence-electron chi connectivity index (χ3n) is 4.30. The third kappa shape index (κ3) is 5.16. The topological polar surface area (TPSA) is 114 Å². The van der Waals surface area contributed by atoms with Crippen LogP contribution in [0, 0.1) is 15.9 Å². The number of halogens is 1. The molecule has 0 fully saturated rings. The van der Waals surface area contributed by atoms with Crippen LogP contribution in [0.4, 0.5) is 15.8 Å². The minimum Gasteiger partial charge on any atom is -0.456 e. The molecule has 2 aromatic carbocycles. The Morgan fingerprint density at radius 2 is 2.00 bits per heavy atom. The van der Waals surface area contributed by atoms with Gasteiger partial charge in [0, 0.05) is 23.5 Å². The quantitative estimate of drug-likeness (QED) is 0.340. The van der Waals surface area contributed by atoms with Crippen LogP contribution in [-0.4, -0.2) is 28.4 Å². The van der Waals surface area contributed by atoms with E-state index in [9.17, 15) is 24.1 Å². The summed E-state index contributed by atoms with van der Waals surface area (Å²) < 4.78 is 18.0. The van der Waals surface area contributed by atoms with Gasteiger partial charge < -0.3 is 15.0 Å². The van der Waals surface area contributed by atoms with Crippen molar-refractivity contribution in [2.45, 2.75) is 19.3 Å². The average molecular weight is 399 g/mol. The van der Waals surface area contributed by atoms with Crippen LogP contribution in [0.2, 0.25) is 0 Å². The van der Waals surface area contributed by atoms with E-state index in [4.69, 9.17) is 4.74 Å². The average Bonchev–Trinajstić information content (AvgIpc) is 3.11. The lowest BCUT2D eigenvalue weighted by Crippen LogP contribution is -2.21. The second-order valence-corrected chi connectivity index (χ2v) is 6.34. The molecule has 0 aliphatic heterocycles. The lowest BCUT2D eigenvalue weighted by Gasteiger charge is -2.07. The smallest absolute Gasteiger partial charge is 0.306 e. The zero-order valence-corrected chi connectivity index (χ0v) is 15.3. The van der Waals surface area contributed by atoms with Crippen molar-refractivity contribution >= 4 is 34.2 Å². The van der Waals surface area contributed by atoms with Crippen LogP contribution < -0.4 is 5.32 Å². The molecule has 3 aromatic rings. The molecule has 1 amide bonds. The van der Waals surface area contributed by atoms with Crippen molar-refractivity contribution in [1.82, 2.24) is 4.98 Å². The number of hydrogen-bond donors (Lipinski definition) is 2. The van der Waals surface area contributed by atoms with Crippen molar-refractivity contribution in [2.24, 2.45) is 0 Å². The molecule has 3 rings (SSSR count). The van der Waals surface area contributed by atoms with Crippen molar-refractivity contribution in [3.8, 4) is 0 Å². The number of fused-ring (bicyclic) bond motifs is 1. The highest BCUT2D eigenvalue weighted by Crippen LogP contribution is 2.25. The number of nitro benzene ring substituents is 1.